The summed E-state index contributed by atoms with van der Waals surface area (Å²) in [7, 11) is 0. The molecule has 20 heavy (non-hydrogen) atoms. The standard InChI is InChI=1S/C18H25NO/c1-12-5-7-13(8-6-12)16(20)19-15-11-14-9-10-18(15,4)17(14,2)3/h5-8,14-15H,9-11H2,1-4H3,(H,19,20)/t14-,15+,18+/m1/s1. The Morgan fingerprint density at radius 1 is 1.20 bits per heavy atom. The molecule has 0 aliphatic heterocycles. The molecule has 0 spiro atoms. The fourth-order valence-corrected chi connectivity index (χ4v) is 4.37. The first-order valence-corrected chi connectivity index (χ1v) is 7.72. The minimum absolute atomic E-state index is 0.0829. The second kappa shape index (κ2) is 4.34. The van der Waals surface area contributed by atoms with Crippen molar-refractivity contribution in [2.75, 3.05) is 0 Å². The molecule has 3 atom stereocenters. The molecule has 1 N–H and O–H groups in total. The van der Waals surface area contributed by atoms with Gasteiger partial charge in [-0.05, 0) is 55.1 Å². The molecule has 0 heterocycles. The number of benzene rings is 1. The number of rotatable bonds is 2. The Bertz CT molecular complexity index is 531. The highest BCUT2D eigenvalue weighted by Crippen LogP contribution is 2.65. The van der Waals surface area contributed by atoms with Crippen LogP contribution in [0.25, 0.3) is 0 Å². The van der Waals surface area contributed by atoms with Gasteiger partial charge in [0.25, 0.3) is 5.91 Å². The third-order valence-electron chi connectivity index (χ3n) is 6.41. The van der Waals surface area contributed by atoms with Crippen LogP contribution in [-0.2, 0) is 0 Å². The predicted molar refractivity (Wildman–Crippen MR) is 81.7 cm³/mol. The summed E-state index contributed by atoms with van der Waals surface area (Å²) in [6.07, 6.45) is 3.70. The Hall–Kier alpha value is -1.31. The largest absolute Gasteiger partial charge is 0.349 e. The second-order valence-corrected chi connectivity index (χ2v) is 7.50. The maximum atomic E-state index is 12.4. The van der Waals surface area contributed by atoms with Crippen LogP contribution in [0, 0.1) is 23.7 Å². The molecule has 0 saturated heterocycles. The molecule has 2 bridgehead atoms. The molecule has 108 valence electrons. The lowest BCUT2D eigenvalue weighted by atomic mass is 9.69. The Morgan fingerprint density at radius 3 is 2.35 bits per heavy atom. The average molecular weight is 271 g/mol. The van der Waals surface area contributed by atoms with Crippen LogP contribution < -0.4 is 5.32 Å². The molecular weight excluding hydrogens is 246 g/mol. The van der Waals surface area contributed by atoms with Gasteiger partial charge in [-0.3, -0.25) is 4.79 Å². The van der Waals surface area contributed by atoms with Gasteiger partial charge in [-0.15, -0.1) is 0 Å². The van der Waals surface area contributed by atoms with E-state index >= 15 is 0 Å². The van der Waals surface area contributed by atoms with E-state index < -0.39 is 0 Å². The number of carbonyl (C=O) groups excluding carboxylic acids is 1. The van der Waals surface area contributed by atoms with E-state index in [2.05, 4.69) is 26.1 Å². The molecule has 1 amide bonds. The van der Waals surface area contributed by atoms with Gasteiger partial charge in [0, 0.05) is 11.6 Å². The Balaban J connectivity index is 1.76. The summed E-state index contributed by atoms with van der Waals surface area (Å²) in [4.78, 5) is 12.4. The van der Waals surface area contributed by atoms with Crippen molar-refractivity contribution in [1.82, 2.24) is 5.32 Å². The number of hydrogen-bond donors (Lipinski definition) is 1. The van der Waals surface area contributed by atoms with Gasteiger partial charge in [0.15, 0.2) is 0 Å². The van der Waals surface area contributed by atoms with Crippen molar-refractivity contribution in [2.45, 2.75) is 53.0 Å². The molecule has 1 aromatic carbocycles. The average Bonchev–Trinajstić information content (AvgIpc) is 2.72. The SMILES string of the molecule is Cc1ccc(C(=O)N[C@H]2C[C@H]3CC[C@]2(C)C3(C)C)cc1. The summed E-state index contributed by atoms with van der Waals surface area (Å²) in [5.74, 6) is 0.843. The number of aryl methyl sites for hydroxylation is 1. The van der Waals surface area contributed by atoms with Crippen LogP contribution in [0.15, 0.2) is 24.3 Å². The highest BCUT2D eigenvalue weighted by molar-refractivity contribution is 5.94. The maximum absolute atomic E-state index is 12.4. The number of carbonyl (C=O) groups is 1. The first kappa shape index (κ1) is 13.7. The molecule has 1 aromatic rings. The zero-order valence-electron chi connectivity index (χ0n) is 13.0. The lowest BCUT2D eigenvalue weighted by Gasteiger charge is -2.39. The molecule has 2 aliphatic rings. The van der Waals surface area contributed by atoms with Gasteiger partial charge in [0.05, 0.1) is 0 Å². The van der Waals surface area contributed by atoms with Crippen molar-refractivity contribution in [1.29, 1.82) is 0 Å². The number of amides is 1. The topological polar surface area (TPSA) is 29.1 Å². The van der Waals surface area contributed by atoms with Crippen LogP contribution in [0.1, 0.15) is 56.0 Å². The molecule has 0 aromatic heterocycles. The number of hydrogen-bond acceptors (Lipinski definition) is 1. The summed E-state index contributed by atoms with van der Waals surface area (Å²) < 4.78 is 0. The number of nitrogens with one attached hydrogen (secondary N) is 1. The van der Waals surface area contributed by atoms with E-state index in [9.17, 15) is 4.79 Å². The third-order valence-corrected chi connectivity index (χ3v) is 6.41. The summed E-state index contributed by atoms with van der Waals surface area (Å²) >= 11 is 0. The minimum atomic E-state index is 0.0829. The first-order chi connectivity index (χ1) is 9.34. The quantitative estimate of drug-likeness (QED) is 0.867. The van der Waals surface area contributed by atoms with Gasteiger partial charge in [0.1, 0.15) is 0 Å². The lowest BCUT2D eigenvalue weighted by Crippen LogP contribution is -2.46. The van der Waals surface area contributed by atoms with Gasteiger partial charge >= 0.3 is 0 Å². The normalized spacial score (nSPS) is 34.2. The molecule has 2 nitrogen and oxygen atoms in total. The van der Waals surface area contributed by atoms with Gasteiger partial charge in [0.2, 0.25) is 0 Å². The molecule has 0 unspecified atom stereocenters. The van der Waals surface area contributed by atoms with E-state index in [0.717, 1.165) is 17.9 Å². The van der Waals surface area contributed by atoms with Gasteiger partial charge in [-0.25, -0.2) is 0 Å². The lowest BCUT2D eigenvalue weighted by molar-refractivity contribution is 0.0826. The zero-order valence-corrected chi connectivity index (χ0v) is 13.0. The van der Waals surface area contributed by atoms with E-state index in [0.29, 0.717) is 11.5 Å². The van der Waals surface area contributed by atoms with Crippen LogP contribution in [0.3, 0.4) is 0 Å². The molecule has 2 aliphatic carbocycles. The summed E-state index contributed by atoms with van der Waals surface area (Å²) in [6, 6.07) is 8.17. The third kappa shape index (κ3) is 1.81. The molecule has 3 rings (SSSR count). The van der Waals surface area contributed by atoms with Crippen LogP contribution in [0.5, 0.6) is 0 Å². The van der Waals surface area contributed by atoms with E-state index in [-0.39, 0.29) is 11.3 Å². The van der Waals surface area contributed by atoms with E-state index in [4.69, 9.17) is 0 Å². The second-order valence-electron chi connectivity index (χ2n) is 7.50. The fraction of sp³-hybridized carbons (Fsp3) is 0.611. The van der Waals surface area contributed by atoms with Crippen molar-refractivity contribution in [3.63, 3.8) is 0 Å². The zero-order chi connectivity index (χ0) is 14.5. The Labute approximate surface area is 122 Å². The van der Waals surface area contributed by atoms with Gasteiger partial charge < -0.3 is 5.32 Å². The van der Waals surface area contributed by atoms with Gasteiger partial charge in [-0.1, -0.05) is 38.5 Å². The van der Waals surface area contributed by atoms with Crippen molar-refractivity contribution in [3.8, 4) is 0 Å². The summed E-state index contributed by atoms with van der Waals surface area (Å²) in [6.45, 7) is 9.16. The summed E-state index contributed by atoms with van der Waals surface area (Å²) in [5.41, 5.74) is 2.56. The summed E-state index contributed by atoms with van der Waals surface area (Å²) in [5, 5.41) is 3.30. The van der Waals surface area contributed by atoms with Crippen LogP contribution >= 0.6 is 0 Å². The van der Waals surface area contributed by atoms with Crippen LogP contribution in [0.2, 0.25) is 0 Å². The van der Waals surface area contributed by atoms with Crippen LogP contribution in [0.4, 0.5) is 0 Å². The molecule has 2 saturated carbocycles. The molecular formula is C18H25NO. The van der Waals surface area contributed by atoms with E-state index in [1.165, 1.54) is 18.4 Å². The molecule has 0 radical (unpaired) electrons. The smallest absolute Gasteiger partial charge is 0.251 e. The fourth-order valence-electron chi connectivity index (χ4n) is 4.37. The number of fused-ring (bicyclic) bond motifs is 2. The van der Waals surface area contributed by atoms with Crippen molar-refractivity contribution in [2.24, 2.45) is 16.7 Å². The minimum Gasteiger partial charge on any atom is -0.349 e. The monoisotopic (exact) mass is 271 g/mol. The van der Waals surface area contributed by atoms with Crippen LogP contribution in [-0.4, -0.2) is 11.9 Å². The van der Waals surface area contributed by atoms with E-state index in [1.54, 1.807) is 0 Å². The molecule has 2 heteroatoms. The predicted octanol–water partition coefficient (Wildman–Crippen LogP) is 3.94. The first-order valence-electron chi connectivity index (χ1n) is 7.72. The van der Waals surface area contributed by atoms with Crippen molar-refractivity contribution in [3.05, 3.63) is 35.4 Å². The molecule has 2 fully saturated rings. The highest BCUT2D eigenvalue weighted by Gasteiger charge is 2.61. The highest BCUT2D eigenvalue weighted by atomic mass is 16.1. The van der Waals surface area contributed by atoms with Crippen molar-refractivity contribution < 1.29 is 4.79 Å². The Morgan fingerprint density at radius 2 is 1.85 bits per heavy atom. The Kier molecular flexibility index (Phi) is 2.97. The maximum Gasteiger partial charge on any atom is 0.251 e. The van der Waals surface area contributed by atoms with Gasteiger partial charge in [-0.2, -0.15) is 0 Å². The van der Waals surface area contributed by atoms with Crippen molar-refractivity contribution >= 4 is 5.91 Å². The van der Waals surface area contributed by atoms with E-state index in [1.807, 2.05) is 31.2 Å².